The van der Waals surface area contributed by atoms with Crippen LogP contribution in [0.2, 0.25) is 0 Å². The van der Waals surface area contributed by atoms with Crippen LogP contribution >= 0.6 is 0 Å². The van der Waals surface area contributed by atoms with Gasteiger partial charge < -0.3 is 9.31 Å². The van der Waals surface area contributed by atoms with Crippen molar-refractivity contribution in [3.05, 3.63) is 66.7 Å². The molecule has 0 unspecified atom stereocenters. The van der Waals surface area contributed by atoms with E-state index in [9.17, 15) is 0 Å². The maximum absolute atomic E-state index is 6.40. The van der Waals surface area contributed by atoms with E-state index in [1.54, 1.807) is 0 Å². The fourth-order valence-electron chi connectivity index (χ4n) is 4.06. The monoisotopic (exact) mass is 354 g/mol. The molecule has 1 heterocycles. The molecule has 0 radical (unpaired) electrons. The Kier molecular flexibility index (Phi) is 3.47. The molecule has 0 atom stereocenters. The van der Waals surface area contributed by atoms with Crippen LogP contribution in [0, 0.1) is 0 Å². The lowest BCUT2D eigenvalue weighted by Gasteiger charge is -2.32. The van der Waals surface area contributed by atoms with Crippen molar-refractivity contribution in [2.75, 3.05) is 0 Å². The van der Waals surface area contributed by atoms with Gasteiger partial charge in [0, 0.05) is 0 Å². The summed E-state index contributed by atoms with van der Waals surface area (Å²) >= 11 is 0. The first-order valence-corrected chi connectivity index (χ1v) is 9.56. The predicted octanol–water partition coefficient (Wildman–Crippen LogP) is 5.45. The van der Waals surface area contributed by atoms with Gasteiger partial charge in [-0.2, -0.15) is 0 Å². The van der Waals surface area contributed by atoms with Crippen LogP contribution < -0.4 is 5.46 Å². The second kappa shape index (κ2) is 5.57. The molecule has 3 heteroatoms. The maximum Gasteiger partial charge on any atom is 0.495 e. The lowest BCUT2D eigenvalue weighted by atomic mass is 9.74. The van der Waals surface area contributed by atoms with Gasteiger partial charge >= 0.3 is 7.12 Å². The van der Waals surface area contributed by atoms with Crippen molar-refractivity contribution in [2.45, 2.75) is 38.9 Å². The van der Waals surface area contributed by atoms with Crippen LogP contribution in [0.5, 0.6) is 0 Å². The molecule has 1 fully saturated rings. The van der Waals surface area contributed by atoms with Gasteiger partial charge in [-0.05, 0) is 65.5 Å². The number of fused-ring (bicyclic) bond motifs is 5. The number of hydrogen-bond acceptors (Lipinski definition) is 2. The molecule has 2 nitrogen and oxygen atoms in total. The van der Waals surface area contributed by atoms with Crippen molar-refractivity contribution in [1.82, 2.24) is 0 Å². The largest absolute Gasteiger partial charge is 0.495 e. The van der Waals surface area contributed by atoms with Gasteiger partial charge in [-0.3, -0.25) is 0 Å². The van der Waals surface area contributed by atoms with Crippen molar-refractivity contribution in [3.8, 4) is 0 Å². The van der Waals surface area contributed by atoms with E-state index in [0.717, 1.165) is 5.46 Å². The second-order valence-electron chi connectivity index (χ2n) is 8.48. The molecule has 4 aromatic rings. The SMILES string of the molecule is CC1(C)OB(c2cc3ccccc3c3c2ccc2ccccc23)OC1(C)C. The van der Waals surface area contributed by atoms with Gasteiger partial charge in [-0.15, -0.1) is 0 Å². The van der Waals surface area contributed by atoms with Crippen LogP contribution in [0.25, 0.3) is 32.3 Å². The van der Waals surface area contributed by atoms with E-state index in [1.807, 2.05) is 0 Å². The Morgan fingerprint density at radius 2 is 1.19 bits per heavy atom. The highest BCUT2D eigenvalue weighted by Gasteiger charge is 2.52. The summed E-state index contributed by atoms with van der Waals surface area (Å²) in [6.07, 6.45) is 0. The molecule has 1 aliphatic heterocycles. The molecule has 134 valence electrons. The summed E-state index contributed by atoms with van der Waals surface area (Å²) in [5, 5.41) is 7.48. The van der Waals surface area contributed by atoms with Crippen LogP contribution in [0.3, 0.4) is 0 Å². The zero-order valence-electron chi connectivity index (χ0n) is 16.2. The molecule has 0 bridgehead atoms. The first-order valence-electron chi connectivity index (χ1n) is 9.56. The van der Waals surface area contributed by atoms with Crippen molar-refractivity contribution in [2.24, 2.45) is 0 Å². The summed E-state index contributed by atoms with van der Waals surface area (Å²) in [5.74, 6) is 0. The summed E-state index contributed by atoms with van der Waals surface area (Å²) in [6.45, 7) is 8.41. The van der Waals surface area contributed by atoms with Crippen molar-refractivity contribution in [1.29, 1.82) is 0 Å². The Morgan fingerprint density at radius 3 is 1.85 bits per heavy atom. The lowest BCUT2D eigenvalue weighted by molar-refractivity contribution is 0.00578. The molecule has 0 spiro atoms. The van der Waals surface area contributed by atoms with Crippen LogP contribution in [0.4, 0.5) is 0 Å². The Labute approximate surface area is 160 Å². The van der Waals surface area contributed by atoms with E-state index in [0.29, 0.717) is 0 Å². The quantitative estimate of drug-likeness (QED) is 0.334. The molecule has 0 aliphatic carbocycles. The Hall–Kier alpha value is -2.36. The molecule has 0 N–H and O–H groups in total. The van der Waals surface area contributed by atoms with Crippen molar-refractivity contribution >= 4 is 44.9 Å². The average Bonchev–Trinajstić information content (AvgIpc) is 2.87. The highest BCUT2D eigenvalue weighted by atomic mass is 16.7. The fraction of sp³-hybridized carbons (Fsp3) is 0.250. The minimum Gasteiger partial charge on any atom is -0.399 e. The van der Waals surface area contributed by atoms with Gasteiger partial charge in [-0.25, -0.2) is 0 Å². The molecule has 0 saturated carbocycles. The van der Waals surface area contributed by atoms with Crippen LogP contribution in [-0.4, -0.2) is 18.3 Å². The number of hydrogen-bond donors (Lipinski definition) is 0. The zero-order valence-corrected chi connectivity index (χ0v) is 16.2. The third-order valence-electron chi connectivity index (χ3n) is 6.29. The normalized spacial score (nSPS) is 18.6. The highest BCUT2D eigenvalue weighted by molar-refractivity contribution is 6.66. The molecule has 5 rings (SSSR count). The van der Waals surface area contributed by atoms with Crippen molar-refractivity contribution in [3.63, 3.8) is 0 Å². The van der Waals surface area contributed by atoms with Crippen LogP contribution in [-0.2, 0) is 9.31 Å². The summed E-state index contributed by atoms with van der Waals surface area (Å²) in [7, 11) is -0.372. The van der Waals surface area contributed by atoms with Gasteiger partial charge in [0.25, 0.3) is 0 Å². The van der Waals surface area contributed by atoms with Gasteiger partial charge in [-0.1, -0.05) is 66.7 Å². The van der Waals surface area contributed by atoms with E-state index in [1.165, 1.54) is 32.3 Å². The number of benzene rings is 4. The van der Waals surface area contributed by atoms with E-state index in [4.69, 9.17) is 9.31 Å². The minimum absolute atomic E-state index is 0.355. The molecule has 0 amide bonds. The smallest absolute Gasteiger partial charge is 0.399 e. The topological polar surface area (TPSA) is 18.5 Å². The van der Waals surface area contributed by atoms with E-state index in [2.05, 4.69) is 94.4 Å². The first-order chi connectivity index (χ1) is 12.9. The third-order valence-corrected chi connectivity index (χ3v) is 6.29. The fourth-order valence-corrected chi connectivity index (χ4v) is 4.06. The average molecular weight is 354 g/mol. The second-order valence-corrected chi connectivity index (χ2v) is 8.48. The summed E-state index contributed by atoms with van der Waals surface area (Å²) < 4.78 is 12.8. The third kappa shape index (κ3) is 2.42. The van der Waals surface area contributed by atoms with Crippen LogP contribution in [0.15, 0.2) is 66.7 Å². The Morgan fingerprint density at radius 1 is 0.630 bits per heavy atom. The molecular weight excluding hydrogens is 331 g/mol. The predicted molar refractivity (Wildman–Crippen MR) is 115 cm³/mol. The summed E-state index contributed by atoms with van der Waals surface area (Å²) in [6, 6.07) is 23.8. The van der Waals surface area contributed by atoms with Crippen molar-refractivity contribution < 1.29 is 9.31 Å². The molecule has 27 heavy (non-hydrogen) atoms. The first kappa shape index (κ1) is 16.8. The summed E-state index contributed by atoms with van der Waals surface area (Å²) in [4.78, 5) is 0. The standard InChI is InChI=1S/C24H23BO2/c1-23(2)24(3,4)27-25(26-23)21-15-17-10-6-8-12-19(17)22-18-11-7-5-9-16(18)13-14-20(21)22/h5-15H,1-4H3. The molecular formula is C24H23BO2. The summed E-state index contributed by atoms with van der Waals surface area (Å²) in [5.41, 5.74) is 0.395. The molecule has 0 aromatic heterocycles. The Bertz CT molecular complexity index is 1160. The van der Waals surface area contributed by atoms with E-state index < -0.39 is 0 Å². The van der Waals surface area contributed by atoms with E-state index in [-0.39, 0.29) is 18.3 Å². The Balaban J connectivity index is 1.87. The molecule has 1 aliphatic rings. The number of rotatable bonds is 1. The van der Waals surface area contributed by atoms with E-state index >= 15 is 0 Å². The maximum atomic E-state index is 6.40. The van der Waals surface area contributed by atoms with Gasteiger partial charge in [0.2, 0.25) is 0 Å². The highest BCUT2D eigenvalue weighted by Crippen LogP contribution is 2.38. The lowest BCUT2D eigenvalue weighted by Crippen LogP contribution is -2.41. The molecule has 4 aromatic carbocycles. The minimum atomic E-state index is -0.372. The zero-order chi connectivity index (χ0) is 18.8. The van der Waals surface area contributed by atoms with Crippen LogP contribution in [0.1, 0.15) is 27.7 Å². The van der Waals surface area contributed by atoms with Gasteiger partial charge in [0.05, 0.1) is 11.2 Å². The van der Waals surface area contributed by atoms with Gasteiger partial charge in [0.15, 0.2) is 0 Å². The van der Waals surface area contributed by atoms with Gasteiger partial charge in [0.1, 0.15) is 0 Å². The molecule has 1 saturated heterocycles.